The first-order valence-corrected chi connectivity index (χ1v) is 9.17. The van der Waals surface area contributed by atoms with E-state index in [1.54, 1.807) is 10.7 Å². The van der Waals surface area contributed by atoms with Crippen LogP contribution >= 0.6 is 0 Å². The monoisotopic (exact) mass is 365 g/mol. The molecule has 0 saturated heterocycles. The van der Waals surface area contributed by atoms with Crippen molar-refractivity contribution in [3.63, 3.8) is 0 Å². The lowest BCUT2D eigenvalue weighted by Gasteiger charge is -2.16. The van der Waals surface area contributed by atoms with Crippen molar-refractivity contribution >= 4 is 16.7 Å². The number of hydrogen-bond acceptors (Lipinski definition) is 3. The van der Waals surface area contributed by atoms with E-state index >= 15 is 0 Å². The normalized spacial score (nSPS) is 14.6. The number of benzene rings is 2. The fourth-order valence-electron chi connectivity index (χ4n) is 3.67. The van der Waals surface area contributed by atoms with Crippen LogP contribution in [-0.2, 0) is 6.54 Å². The van der Waals surface area contributed by atoms with E-state index in [4.69, 9.17) is 0 Å². The third-order valence-electron chi connectivity index (χ3n) is 5.10. The Morgan fingerprint density at radius 1 is 1.07 bits per heavy atom. The summed E-state index contributed by atoms with van der Waals surface area (Å²) in [4.78, 5) is 25.2. The van der Waals surface area contributed by atoms with Crippen molar-refractivity contribution in [3.8, 4) is 0 Å². The Hall–Kier alpha value is -3.02. The molecule has 1 fully saturated rings. The van der Waals surface area contributed by atoms with Gasteiger partial charge in [0, 0.05) is 10.9 Å². The summed E-state index contributed by atoms with van der Waals surface area (Å²) in [6.45, 7) is 0.198. The number of hydrogen-bond donors (Lipinski definition) is 1. The molecular formula is C21H20FN3O2. The Labute approximate surface area is 155 Å². The fourth-order valence-corrected chi connectivity index (χ4v) is 3.67. The van der Waals surface area contributed by atoms with Gasteiger partial charge in [0.2, 0.25) is 0 Å². The number of carbonyl (C=O) groups excluding carboxylic acids is 1. The maximum atomic E-state index is 13.0. The van der Waals surface area contributed by atoms with E-state index in [-0.39, 0.29) is 29.9 Å². The number of fused-ring (bicyclic) bond motifs is 1. The zero-order valence-electron chi connectivity index (χ0n) is 14.8. The van der Waals surface area contributed by atoms with Gasteiger partial charge < -0.3 is 5.32 Å². The zero-order chi connectivity index (χ0) is 18.8. The average molecular weight is 365 g/mol. The SMILES string of the molecule is O=C(NCc1nn(C2CCCC2)c(=O)c2ccccc12)c1ccc(F)cc1. The summed E-state index contributed by atoms with van der Waals surface area (Å²) >= 11 is 0. The topological polar surface area (TPSA) is 64.0 Å². The summed E-state index contributed by atoms with van der Waals surface area (Å²) in [6.07, 6.45) is 4.10. The number of amides is 1. The first kappa shape index (κ1) is 17.4. The van der Waals surface area contributed by atoms with Crippen LogP contribution in [-0.4, -0.2) is 15.7 Å². The quantitative estimate of drug-likeness (QED) is 0.769. The standard InChI is InChI=1S/C21H20FN3O2/c22-15-11-9-14(10-12-15)20(26)23-13-19-17-7-3-4-8-18(17)21(27)25(24-19)16-5-1-2-6-16/h3-4,7-12,16H,1-2,5-6,13H2,(H,23,26). The predicted molar refractivity (Wildman–Crippen MR) is 101 cm³/mol. The van der Waals surface area contributed by atoms with Gasteiger partial charge in [-0.1, -0.05) is 31.0 Å². The van der Waals surface area contributed by atoms with Gasteiger partial charge in [0.1, 0.15) is 5.82 Å². The summed E-state index contributed by atoms with van der Waals surface area (Å²) in [5.41, 5.74) is 0.962. The van der Waals surface area contributed by atoms with Crippen LogP contribution in [0.1, 0.15) is 47.8 Å². The zero-order valence-corrected chi connectivity index (χ0v) is 14.8. The highest BCUT2D eigenvalue weighted by atomic mass is 19.1. The minimum absolute atomic E-state index is 0.0777. The molecule has 1 saturated carbocycles. The van der Waals surface area contributed by atoms with E-state index in [0.717, 1.165) is 31.1 Å². The lowest BCUT2D eigenvalue weighted by molar-refractivity contribution is 0.0950. The molecule has 1 amide bonds. The molecular weight excluding hydrogens is 345 g/mol. The van der Waals surface area contributed by atoms with Crippen LogP contribution in [0.2, 0.25) is 0 Å². The number of aromatic nitrogens is 2. The van der Waals surface area contributed by atoms with E-state index < -0.39 is 0 Å². The average Bonchev–Trinajstić information content (AvgIpc) is 3.22. The minimum Gasteiger partial charge on any atom is -0.346 e. The lowest BCUT2D eigenvalue weighted by Crippen LogP contribution is -2.30. The molecule has 1 aliphatic rings. The van der Waals surface area contributed by atoms with Crippen LogP contribution in [0.5, 0.6) is 0 Å². The molecule has 138 valence electrons. The van der Waals surface area contributed by atoms with Crippen molar-refractivity contribution < 1.29 is 9.18 Å². The highest BCUT2D eigenvalue weighted by Gasteiger charge is 2.21. The van der Waals surface area contributed by atoms with Gasteiger partial charge in [0.25, 0.3) is 11.5 Å². The van der Waals surface area contributed by atoms with Crippen LogP contribution in [0.3, 0.4) is 0 Å². The van der Waals surface area contributed by atoms with Crippen LogP contribution < -0.4 is 10.9 Å². The van der Waals surface area contributed by atoms with Crippen molar-refractivity contribution in [2.24, 2.45) is 0 Å². The van der Waals surface area contributed by atoms with Crippen molar-refractivity contribution in [1.82, 2.24) is 15.1 Å². The van der Waals surface area contributed by atoms with E-state index in [1.165, 1.54) is 24.3 Å². The summed E-state index contributed by atoms with van der Waals surface area (Å²) in [7, 11) is 0. The number of carbonyl (C=O) groups is 1. The van der Waals surface area contributed by atoms with Crippen molar-refractivity contribution in [3.05, 3.63) is 76.0 Å². The summed E-state index contributed by atoms with van der Waals surface area (Å²) in [6, 6.07) is 12.8. The van der Waals surface area contributed by atoms with Crippen LogP contribution in [0.15, 0.2) is 53.3 Å². The molecule has 0 atom stereocenters. The molecule has 1 aromatic heterocycles. The molecule has 0 spiro atoms. The molecule has 5 nitrogen and oxygen atoms in total. The maximum Gasteiger partial charge on any atom is 0.274 e. The largest absolute Gasteiger partial charge is 0.346 e. The second kappa shape index (κ2) is 7.31. The molecule has 0 bridgehead atoms. The predicted octanol–water partition coefficient (Wildman–Crippen LogP) is 3.58. The van der Waals surface area contributed by atoms with Gasteiger partial charge in [-0.3, -0.25) is 9.59 Å². The van der Waals surface area contributed by atoms with Crippen LogP contribution in [0, 0.1) is 5.82 Å². The summed E-state index contributed by atoms with van der Waals surface area (Å²) in [5, 5.41) is 8.78. The number of halogens is 1. The fraction of sp³-hybridized carbons (Fsp3) is 0.286. The van der Waals surface area contributed by atoms with Gasteiger partial charge in [-0.15, -0.1) is 0 Å². The Balaban J connectivity index is 1.66. The molecule has 1 aliphatic carbocycles. The van der Waals surface area contributed by atoms with E-state index in [9.17, 15) is 14.0 Å². The van der Waals surface area contributed by atoms with E-state index in [2.05, 4.69) is 10.4 Å². The first-order chi connectivity index (χ1) is 13.1. The highest BCUT2D eigenvalue weighted by Crippen LogP contribution is 2.28. The molecule has 27 heavy (non-hydrogen) atoms. The second-order valence-corrected chi connectivity index (χ2v) is 6.87. The molecule has 1 heterocycles. The second-order valence-electron chi connectivity index (χ2n) is 6.87. The number of nitrogens with zero attached hydrogens (tertiary/aromatic N) is 2. The maximum absolute atomic E-state index is 13.0. The summed E-state index contributed by atoms with van der Waals surface area (Å²) < 4.78 is 14.6. The van der Waals surface area contributed by atoms with Gasteiger partial charge >= 0.3 is 0 Å². The number of rotatable bonds is 4. The molecule has 0 aliphatic heterocycles. The Bertz CT molecular complexity index is 1040. The number of nitrogens with one attached hydrogen (secondary N) is 1. The van der Waals surface area contributed by atoms with Gasteiger partial charge in [-0.25, -0.2) is 9.07 Å². The molecule has 2 aromatic carbocycles. The molecule has 0 unspecified atom stereocenters. The van der Waals surface area contributed by atoms with Gasteiger partial charge in [-0.2, -0.15) is 5.10 Å². The summed E-state index contributed by atoms with van der Waals surface area (Å²) in [5.74, 6) is -0.692. The Kier molecular flexibility index (Phi) is 4.71. The van der Waals surface area contributed by atoms with Crippen molar-refractivity contribution in [1.29, 1.82) is 0 Å². The molecule has 4 rings (SSSR count). The molecule has 1 N–H and O–H groups in total. The molecule has 6 heteroatoms. The Morgan fingerprint density at radius 2 is 1.74 bits per heavy atom. The Morgan fingerprint density at radius 3 is 2.44 bits per heavy atom. The molecule has 3 aromatic rings. The van der Waals surface area contributed by atoms with Gasteiger partial charge in [0.15, 0.2) is 0 Å². The van der Waals surface area contributed by atoms with Crippen LogP contribution in [0.25, 0.3) is 10.8 Å². The smallest absolute Gasteiger partial charge is 0.274 e. The van der Waals surface area contributed by atoms with Gasteiger partial charge in [0.05, 0.1) is 23.7 Å². The minimum atomic E-state index is -0.386. The molecule has 0 radical (unpaired) electrons. The highest BCUT2D eigenvalue weighted by molar-refractivity contribution is 5.94. The first-order valence-electron chi connectivity index (χ1n) is 9.17. The van der Waals surface area contributed by atoms with Gasteiger partial charge in [-0.05, 0) is 43.2 Å². The van der Waals surface area contributed by atoms with Crippen LogP contribution in [0.4, 0.5) is 4.39 Å². The third-order valence-corrected chi connectivity index (χ3v) is 5.10. The van der Waals surface area contributed by atoms with E-state index in [1.807, 2.05) is 18.2 Å². The van der Waals surface area contributed by atoms with Crippen molar-refractivity contribution in [2.45, 2.75) is 38.3 Å². The lowest BCUT2D eigenvalue weighted by atomic mass is 10.1. The van der Waals surface area contributed by atoms with Crippen molar-refractivity contribution in [2.75, 3.05) is 0 Å². The van der Waals surface area contributed by atoms with E-state index in [0.29, 0.717) is 16.6 Å². The third kappa shape index (κ3) is 3.47.